The summed E-state index contributed by atoms with van der Waals surface area (Å²) in [7, 11) is 0. The largest absolute Gasteiger partial charge is 0.478 e. The molecule has 0 saturated carbocycles. The second kappa shape index (κ2) is 10.6. The number of nitrogens with one attached hydrogen (secondary N) is 2. The van der Waals surface area contributed by atoms with E-state index >= 15 is 0 Å². The molecule has 0 aliphatic heterocycles. The van der Waals surface area contributed by atoms with Crippen LogP contribution in [0, 0.1) is 0 Å². The first-order valence-corrected chi connectivity index (χ1v) is 11.7. The number of rotatable bonds is 8. The van der Waals surface area contributed by atoms with Crippen molar-refractivity contribution >= 4 is 35.3 Å². The quantitative estimate of drug-likeness (QED) is 0.375. The van der Waals surface area contributed by atoms with Crippen LogP contribution in [-0.4, -0.2) is 35.7 Å². The van der Waals surface area contributed by atoms with Gasteiger partial charge in [0.25, 0.3) is 0 Å². The summed E-state index contributed by atoms with van der Waals surface area (Å²) in [4.78, 5) is 36.1. The Morgan fingerprint density at radius 3 is 2.26 bits per heavy atom. The van der Waals surface area contributed by atoms with Gasteiger partial charge in [-0.2, -0.15) is 0 Å². The molecule has 3 aromatic rings. The molecule has 8 heteroatoms. The zero-order valence-electron chi connectivity index (χ0n) is 19.1. The summed E-state index contributed by atoms with van der Waals surface area (Å²) >= 11 is 5.84. The summed E-state index contributed by atoms with van der Waals surface area (Å²) in [6.45, 7) is 1.99. The molecule has 35 heavy (non-hydrogen) atoms. The number of hydrogen-bond donors (Lipinski definition) is 3. The normalized spacial score (nSPS) is 12.9. The molecule has 0 fully saturated rings. The van der Waals surface area contributed by atoms with Crippen LogP contribution in [0.2, 0.25) is 5.02 Å². The lowest BCUT2D eigenvalue weighted by Crippen LogP contribution is -2.34. The molecule has 1 unspecified atom stereocenters. The topological polar surface area (TPSA) is 105 Å². The summed E-state index contributed by atoms with van der Waals surface area (Å²) in [5, 5.41) is 14.9. The number of benzene rings is 3. The number of fused-ring (bicyclic) bond motifs is 3. The lowest BCUT2D eigenvalue weighted by atomic mass is 9.98. The standard InChI is InChI=1S/C27H25ClN2O5/c1-16(10-13-25(31)30-24-12-11-17(28)14-22(24)26(32)33)29-27(34)35-15-23-20-8-4-2-6-18(20)19-7-3-5-9-21(19)23/h2-9,11-12,14,16,23H,10,13,15H2,1H3,(H,29,34)(H,30,31)(H,32,33). The Hall–Kier alpha value is -3.84. The minimum atomic E-state index is -1.19. The molecule has 0 bridgehead atoms. The van der Waals surface area contributed by atoms with E-state index in [0.717, 1.165) is 22.3 Å². The number of ether oxygens (including phenoxy) is 1. The zero-order chi connectivity index (χ0) is 24.9. The van der Waals surface area contributed by atoms with Crippen molar-refractivity contribution in [2.45, 2.75) is 31.7 Å². The van der Waals surface area contributed by atoms with Crippen molar-refractivity contribution in [3.63, 3.8) is 0 Å². The van der Waals surface area contributed by atoms with E-state index in [2.05, 4.69) is 34.9 Å². The van der Waals surface area contributed by atoms with Crippen molar-refractivity contribution in [1.82, 2.24) is 5.32 Å². The van der Waals surface area contributed by atoms with Gasteiger partial charge in [-0.1, -0.05) is 60.1 Å². The Labute approximate surface area is 208 Å². The molecule has 3 N–H and O–H groups in total. The number of carboxylic acids is 1. The highest BCUT2D eigenvalue weighted by Crippen LogP contribution is 2.44. The maximum absolute atomic E-state index is 12.4. The SMILES string of the molecule is CC(CCC(=O)Nc1ccc(Cl)cc1C(=O)O)NC(=O)OCC1c2ccccc2-c2ccccc21. The molecule has 0 heterocycles. The number of carbonyl (C=O) groups is 3. The van der Waals surface area contributed by atoms with Crippen molar-refractivity contribution in [2.24, 2.45) is 0 Å². The van der Waals surface area contributed by atoms with Gasteiger partial charge in [-0.3, -0.25) is 4.79 Å². The molecule has 0 aromatic heterocycles. The van der Waals surface area contributed by atoms with Gasteiger partial charge >= 0.3 is 12.1 Å². The number of amides is 2. The van der Waals surface area contributed by atoms with Crippen LogP contribution in [-0.2, 0) is 9.53 Å². The summed E-state index contributed by atoms with van der Waals surface area (Å²) < 4.78 is 5.54. The van der Waals surface area contributed by atoms with Gasteiger partial charge in [0.05, 0.1) is 11.3 Å². The number of anilines is 1. The van der Waals surface area contributed by atoms with E-state index in [4.69, 9.17) is 16.3 Å². The molecular weight excluding hydrogens is 468 g/mol. The highest BCUT2D eigenvalue weighted by atomic mass is 35.5. The average molecular weight is 493 g/mol. The van der Waals surface area contributed by atoms with E-state index < -0.39 is 12.1 Å². The van der Waals surface area contributed by atoms with Crippen LogP contribution in [0.25, 0.3) is 11.1 Å². The molecule has 0 radical (unpaired) electrons. The summed E-state index contributed by atoms with van der Waals surface area (Å²) in [6, 6.07) is 20.1. The smallest absolute Gasteiger partial charge is 0.407 e. The fraction of sp³-hybridized carbons (Fsp3) is 0.222. The van der Waals surface area contributed by atoms with Crippen molar-refractivity contribution in [2.75, 3.05) is 11.9 Å². The molecular formula is C27H25ClN2O5. The monoisotopic (exact) mass is 492 g/mol. The van der Waals surface area contributed by atoms with E-state index in [9.17, 15) is 19.5 Å². The first-order chi connectivity index (χ1) is 16.8. The third-order valence-electron chi connectivity index (χ3n) is 6.00. The van der Waals surface area contributed by atoms with Crippen LogP contribution in [0.1, 0.15) is 47.2 Å². The van der Waals surface area contributed by atoms with Gasteiger partial charge in [0.15, 0.2) is 0 Å². The molecule has 7 nitrogen and oxygen atoms in total. The minimum absolute atomic E-state index is 0.0305. The molecule has 4 rings (SSSR count). The number of carboxylic acid groups (broad SMARTS) is 1. The van der Waals surface area contributed by atoms with Gasteiger partial charge < -0.3 is 20.5 Å². The van der Waals surface area contributed by atoms with Gasteiger partial charge in [-0.05, 0) is 53.8 Å². The number of carbonyl (C=O) groups excluding carboxylic acids is 2. The van der Waals surface area contributed by atoms with Crippen LogP contribution in [0.3, 0.4) is 0 Å². The van der Waals surface area contributed by atoms with Gasteiger partial charge in [-0.15, -0.1) is 0 Å². The third kappa shape index (κ3) is 5.63. The van der Waals surface area contributed by atoms with Crippen LogP contribution >= 0.6 is 11.6 Å². The van der Waals surface area contributed by atoms with Crippen molar-refractivity contribution < 1.29 is 24.2 Å². The fourth-order valence-electron chi connectivity index (χ4n) is 4.28. The lowest BCUT2D eigenvalue weighted by molar-refractivity contribution is -0.116. The highest BCUT2D eigenvalue weighted by Gasteiger charge is 2.29. The Bertz CT molecular complexity index is 1230. The Morgan fingerprint density at radius 2 is 1.63 bits per heavy atom. The Balaban J connectivity index is 1.27. The molecule has 1 aliphatic carbocycles. The summed E-state index contributed by atoms with van der Waals surface area (Å²) in [6.07, 6.45) is -0.107. The summed E-state index contributed by atoms with van der Waals surface area (Å²) in [5.74, 6) is -1.58. The Morgan fingerprint density at radius 1 is 1.00 bits per heavy atom. The fourth-order valence-corrected chi connectivity index (χ4v) is 4.45. The van der Waals surface area contributed by atoms with Crippen molar-refractivity contribution in [3.8, 4) is 11.1 Å². The van der Waals surface area contributed by atoms with E-state index in [1.807, 2.05) is 24.3 Å². The van der Waals surface area contributed by atoms with Crippen molar-refractivity contribution in [1.29, 1.82) is 0 Å². The first-order valence-electron chi connectivity index (χ1n) is 11.3. The molecule has 1 atom stereocenters. The van der Waals surface area contributed by atoms with Crippen molar-refractivity contribution in [3.05, 3.63) is 88.4 Å². The van der Waals surface area contributed by atoms with Gasteiger partial charge in [0, 0.05) is 23.4 Å². The maximum atomic E-state index is 12.4. The van der Waals surface area contributed by atoms with Gasteiger partial charge in [0.2, 0.25) is 5.91 Å². The Kier molecular flexibility index (Phi) is 7.36. The molecule has 180 valence electrons. The van der Waals surface area contributed by atoms with Crippen LogP contribution in [0.4, 0.5) is 10.5 Å². The van der Waals surface area contributed by atoms with Crippen LogP contribution < -0.4 is 10.6 Å². The third-order valence-corrected chi connectivity index (χ3v) is 6.23. The number of aromatic carboxylic acids is 1. The zero-order valence-corrected chi connectivity index (χ0v) is 19.8. The maximum Gasteiger partial charge on any atom is 0.407 e. The van der Waals surface area contributed by atoms with E-state index in [1.54, 1.807) is 6.92 Å². The molecule has 3 aromatic carbocycles. The van der Waals surface area contributed by atoms with E-state index in [-0.39, 0.29) is 47.2 Å². The predicted octanol–water partition coefficient (Wildman–Crippen LogP) is 5.68. The molecule has 0 saturated heterocycles. The first kappa shape index (κ1) is 24.3. The second-order valence-electron chi connectivity index (χ2n) is 8.45. The van der Waals surface area contributed by atoms with Gasteiger partial charge in [-0.25, -0.2) is 9.59 Å². The molecule has 1 aliphatic rings. The average Bonchev–Trinajstić information content (AvgIpc) is 3.16. The van der Waals surface area contributed by atoms with Crippen LogP contribution in [0.5, 0.6) is 0 Å². The molecule has 0 spiro atoms. The van der Waals surface area contributed by atoms with Crippen LogP contribution in [0.15, 0.2) is 66.7 Å². The molecule has 2 amide bonds. The summed E-state index contributed by atoms with van der Waals surface area (Å²) in [5.41, 5.74) is 4.66. The predicted molar refractivity (Wildman–Crippen MR) is 134 cm³/mol. The number of hydrogen-bond acceptors (Lipinski definition) is 4. The number of alkyl carbamates (subject to hydrolysis) is 1. The second-order valence-corrected chi connectivity index (χ2v) is 8.89. The van der Waals surface area contributed by atoms with E-state index in [0.29, 0.717) is 6.42 Å². The minimum Gasteiger partial charge on any atom is -0.478 e. The van der Waals surface area contributed by atoms with Gasteiger partial charge in [0.1, 0.15) is 6.61 Å². The van der Waals surface area contributed by atoms with E-state index in [1.165, 1.54) is 18.2 Å². The lowest BCUT2D eigenvalue weighted by Gasteiger charge is -2.17. The highest BCUT2D eigenvalue weighted by molar-refractivity contribution is 6.31. The number of halogens is 1.